The summed E-state index contributed by atoms with van der Waals surface area (Å²) in [7, 11) is 0. The van der Waals surface area contributed by atoms with E-state index in [-0.39, 0.29) is 11.9 Å². The van der Waals surface area contributed by atoms with Crippen LogP contribution in [-0.4, -0.2) is 18.5 Å². The number of benzene rings is 1. The molecule has 28 heavy (non-hydrogen) atoms. The number of hydrogen-bond donors (Lipinski definition) is 0. The molecule has 0 aromatic heterocycles. The van der Waals surface area contributed by atoms with E-state index in [1.807, 2.05) is 31.2 Å². The van der Waals surface area contributed by atoms with Gasteiger partial charge in [-0.2, -0.15) is 0 Å². The Bertz CT molecular complexity index is 536. The number of carbonyl (C=O) groups excluding carboxylic acids is 2. The molecule has 0 N–H and O–H groups in total. The fourth-order valence-corrected chi connectivity index (χ4v) is 2.95. The fraction of sp³-hybridized carbons (Fsp3) is 0.667. The van der Waals surface area contributed by atoms with Crippen molar-refractivity contribution in [3.8, 4) is 0 Å². The Balaban J connectivity index is 1.88. The topological polar surface area (TPSA) is 52.6 Å². The molecule has 0 aliphatic heterocycles. The number of hydrogen-bond acceptors (Lipinski definition) is 4. The second-order valence-corrected chi connectivity index (χ2v) is 7.55. The summed E-state index contributed by atoms with van der Waals surface area (Å²) in [5, 5.41) is 0. The Labute approximate surface area is 171 Å². The van der Waals surface area contributed by atoms with Crippen molar-refractivity contribution in [1.29, 1.82) is 0 Å². The number of aryl methyl sites for hydroxylation is 1. The van der Waals surface area contributed by atoms with Gasteiger partial charge in [-0.15, -0.1) is 0 Å². The molecular weight excluding hydrogens is 352 g/mol. The molecule has 0 radical (unpaired) electrons. The summed E-state index contributed by atoms with van der Waals surface area (Å²) < 4.78 is 10.5. The Morgan fingerprint density at radius 1 is 0.714 bits per heavy atom. The van der Waals surface area contributed by atoms with Gasteiger partial charge in [0.05, 0.1) is 6.61 Å². The first kappa shape index (κ1) is 24.2. The van der Waals surface area contributed by atoms with E-state index in [4.69, 9.17) is 9.47 Å². The SMILES string of the molecule is CCCCCCOC(=O)CCCCCCCCC(=O)OCc1ccc(C)cc1. The molecule has 1 rings (SSSR count). The van der Waals surface area contributed by atoms with Crippen molar-refractivity contribution in [3.05, 3.63) is 35.4 Å². The van der Waals surface area contributed by atoms with Gasteiger partial charge in [0.25, 0.3) is 0 Å². The van der Waals surface area contributed by atoms with Gasteiger partial charge in [0.15, 0.2) is 0 Å². The van der Waals surface area contributed by atoms with Gasteiger partial charge in [0.1, 0.15) is 6.61 Å². The molecule has 0 bridgehead atoms. The quantitative estimate of drug-likeness (QED) is 0.246. The molecule has 0 atom stereocenters. The molecule has 0 saturated heterocycles. The van der Waals surface area contributed by atoms with Crippen LogP contribution in [0.2, 0.25) is 0 Å². The maximum atomic E-state index is 11.8. The summed E-state index contributed by atoms with van der Waals surface area (Å²) in [4.78, 5) is 23.4. The predicted molar refractivity (Wildman–Crippen MR) is 113 cm³/mol. The highest BCUT2D eigenvalue weighted by Crippen LogP contribution is 2.11. The Kier molecular flexibility index (Phi) is 14.0. The number of unbranched alkanes of at least 4 members (excludes halogenated alkanes) is 8. The highest BCUT2D eigenvalue weighted by Gasteiger charge is 2.04. The van der Waals surface area contributed by atoms with Crippen LogP contribution in [0.3, 0.4) is 0 Å². The van der Waals surface area contributed by atoms with Gasteiger partial charge in [-0.3, -0.25) is 9.59 Å². The summed E-state index contributed by atoms with van der Waals surface area (Å²) in [5.74, 6) is -0.185. The molecule has 0 spiro atoms. The first-order chi connectivity index (χ1) is 13.6. The third kappa shape index (κ3) is 13.3. The lowest BCUT2D eigenvalue weighted by molar-refractivity contribution is -0.145. The highest BCUT2D eigenvalue weighted by atomic mass is 16.5. The molecule has 158 valence electrons. The molecule has 0 amide bonds. The van der Waals surface area contributed by atoms with Crippen LogP contribution >= 0.6 is 0 Å². The molecule has 4 nitrogen and oxygen atoms in total. The van der Waals surface area contributed by atoms with Crippen LogP contribution in [0.15, 0.2) is 24.3 Å². The van der Waals surface area contributed by atoms with Gasteiger partial charge in [-0.1, -0.05) is 81.7 Å². The number of ether oxygens (including phenoxy) is 2. The minimum absolute atomic E-state index is 0.0622. The first-order valence-corrected chi connectivity index (χ1v) is 11.0. The van der Waals surface area contributed by atoms with Gasteiger partial charge in [-0.25, -0.2) is 0 Å². The van der Waals surface area contributed by atoms with Crippen molar-refractivity contribution in [3.63, 3.8) is 0 Å². The lowest BCUT2D eigenvalue weighted by atomic mass is 10.1. The highest BCUT2D eigenvalue weighted by molar-refractivity contribution is 5.69. The third-order valence-electron chi connectivity index (χ3n) is 4.79. The third-order valence-corrected chi connectivity index (χ3v) is 4.79. The molecule has 0 aliphatic carbocycles. The van der Waals surface area contributed by atoms with E-state index < -0.39 is 0 Å². The minimum Gasteiger partial charge on any atom is -0.466 e. The number of esters is 2. The fourth-order valence-electron chi connectivity index (χ4n) is 2.95. The summed E-state index contributed by atoms with van der Waals surface area (Å²) in [5.41, 5.74) is 2.23. The zero-order valence-electron chi connectivity index (χ0n) is 17.8. The van der Waals surface area contributed by atoms with Crippen LogP contribution < -0.4 is 0 Å². The van der Waals surface area contributed by atoms with Gasteiger partial charge < -0.3 is 9.47 Å². The first-order valence-electron chi connectivity index (χ1n) is 11.0. The average Bonchev–Trinajstić information content (AvgIpc) is 2.69. The van der Waals surface area contributed by atoms with Crippen molar-refractivity contribution in [2.24, 2.45) is 0 Å². The molecule has 0 saturated carbocycles. The van der Waals surface area contributed by atoms with E-state index in [1.54, 1.807) is 0 Å². The van der Waals surface area contributed by atoms with Gasteiger partial charge in [0, 0.05) is 12.8 Å². The average molecular weight is 391 g/mol. The summed E-state index contributed by atoms with van der Waals surface area (Å²) >= 11 is 0. The van der Waals surface area contributed by atoms with Crippen molar-refractivity contribution in [1.82, 2.24) is 0 Å². The predicted octanol–water partition coefficient (Wildman–Crippen LogP) is 6.28. The van der Waals surface area contributed by atoms with Crippen molar-refractivity contribution in [2.75, 3.05) is 6.61 Å². The van der Waals surface area contributed by atoms with E-state index in [2.05, 4.69) is 6.92 Å². The van der Waals surface area contributed by atoms with E-state index in [9.17, 15) is 9.59 Å². The van der Waals surface area contributed by atoms with Crippen LogP contribution in [0.4, 0.5) is 0 Å². The minimum atomic E-state index is -0.123. The smallest absolute Gasteiger partial charge is 0.306 e. The largest absolute Gasteiger partial charge is 0.466 e. The molecule has 0 aliphatic rings. The van der Waals surface area contributed by atoms with Crippen molar-refractivity contribution < 1.29 is 19.1 Å². The Morgan fingerprint density at radius 2 is 1.25 bits per heavy atom. The van der Waals surface area contributed by atoms with Crippen LogP contribution in [0.1, 0.15) is 95.1 Å². The van der Waals surface area contributed by atoms with Crippen LogP contribution in [0, 0.1) is 6.92 Å². The summed E-state index contributed by atoms with van der Waals surface area (Å²) in [6.07, 6.45) is 11.6. The summed E-state index contributed by atoms with van der Waals surface area (Å²) in [6.45, 7) is 5.13. The lowest BCUT2D eigenvalue weighted by Crippen LogP contribution is -2.05. The maximum absolute atomic E-state index is 11.8. The van der Waals surface area contributed by atoms with E-state index in [1.165, 1.54) is 18.4 Å². The van der Waals surface area contributed by atoms with Crippen LogP contribution in [0.5, 0.6) is 0 Å². The monoisotopic (exact) mass is 390 g/mol. The van der Waals surface area contributed by atoms with E-state index in [0.29, 0.717) is 26.1 Å². The Hall–Kier alpha value is -1.84. The normalized spacial score (nSPS) is 10.6. The molecule has 4 heteroatoms. The molecule has 0 fully saturated rings. The van der Waals surface area contributed by atoms with Crippen molar-refractivity contribution in [2.45, 2.75) is 97.5 Å². The van der Waals surface area contributed by atoms with E-state index in [0.717, 1.165) is 56.9 Å². The molecule has 0 unspecified atom stereocenters. The zero-order chi connectivity index (χ0) is 20.5. The standard InChI is InChI=1S/C24H38O4/c1-3-4-5-12-19-27-23(25)13-10-8-6-7-9-11-14-24(26)28-20-22-17-15-21(2)16-18-22/h15-18H,3-14,19-20H2,1-2H3. The zero-order valence-corrected chi connectivity index (χ0v) is 17.8. The molecule has 0 heterocycles. The molecular formula is C24H38O4. The second-order valence-electron chi connectivity index (χ2n) is 7.55. The lowest BCUT2D eigenvalue weighted by Gasteiger charge is -2.06. The second kappa shape index (κ2) is 16.1. The van der Waals surface area contributed by atoms with Gasteiger partial charge in [0.2, 0.25) is 0 Å². The van der Waals surface area contributed by atoms with Crippen LogP contribution in [-0.2, 0) is 25.7 Å². The molecule has 1 aromatic rings. The van der Waals surface area contributed by atoms with Gasteiger partial charge in [-0.05, 0) is 31.7 Å². The van der Waals surface area contributed by atoms with E-state index >= 15 is 0 Å². The summed E-state index contributed by atoms with van der Waals surface area (Å²) in [6, 6.07) is 8.03. The Morgan fingerprint density at radius 3 is 1.86 bits per heavy atom. The van der Waals surface area contributed by atoms with Crippen LogP contribution in [0.25, 0.3) is 0 Å². The molecule has 1 aromatic carbocycles. The number of rotatable bonds is 16. The maximum Gasteiger partial charge on any atom is 0.306 e. The number of carbonyl (C=O) groups is 2. The van der Waals surface area contributed by atoms with Gasteiger partial charge >= 0.3 is 11.9 Å². The van der Waals surface area contributed by atoms with Crippen molar-refractivity contribution >= 4 is 11.9 Å².